The van der Waals surface area contributed by atoms with Gasteiger partial charge in [0.15, 0.2) is 0 Å². The molecule has 0 aromatic heterocycles. The monoisotopic (exact) mass is 268 g/mol. The third-order valence-corrected chi connectivity index (χ3v) is 2.38. The van der Waals surface area contributed by atoms with Crippen molar-refractivity contribution in [3.8, 4) is 6.07 Å². The Balaban J connectivity index is 2.49. The minimum Gasteiger partial charge on any atom is -0.375 e. The molecular weight excluding hydrogens is 254 g/mol. The fourth-order valence-electron chi connectivity index (χ4n) is 1.47. The number of aryl methyl sites for hydroxylation is 1. The van der Waals surface area contributed by atoms with Gasteiger partial charge in [0.25, 0.3) is 6.43 Å². The quantitative estimate of drug-likeness (QED) is 0.806. The molecule has 1 N–H and O–H groups in total. The molecule has 0 heterocycles. The van der Waals surface area contributed by atoms with Crippen molar-refractivity contribution in [3.05, 3.63) is 29.3 Å². The zero-order valence-corrected chi connectivity index (χ0v) is 10.5. The van der Waals surface area contributed by atoms with Gasteiger partial charge in [0.2, 0.25) is 5.91 Å². The number of nitriles is 1. The highest BCUT2D eigenvalue weighted by atomic mass is 19.3. The average molecular weight is 268 g/mol. The van der Waals surface area contributed by atoms with Gasteiger partial charge in [-0.25, -0.2) is 8.78 Å². The number of hydrogen-bond donors (Lipinski definition) is 1. The highest BCUT2D eigenvalue weighted by molar-refractivity contribution is 5.92. The molecule has 0 fully saturated rings. The molecule has 6 heteroatoms. The van der Waals surface area contributed by atoms with E-state index in [-0.39, 0.29) is 18.9 Å². The maximum absolute atomic E-state index is 11.8. The lowest BCUT2D eigenvalue weighted by molar-refractivity contribution is -0.117. The molecule has 102 valence electrons. The molecule has 0 radical (unpaired) electrons. The number of carbonyl (C=O) groups is 1. The van der Waals surface area contributed by atoms with E-state index in [4.69, 9.17) is 5.26 Å². The van der Waals surface area contributed by atoms with Gasteiger partial charge in [0.1, 0.15) is 12.7 Å². The van der Waals surface area contributed by atoms with Crippen molar-refractivity contribution in [2.24, 2.45) is 0 Å². The van der Waals surface area contributed by atoms with Gasteiger partial charge in [-0.3, -0.25) is 4.79 Å². The average Bonchev–Trinajstić information content (AvgIpc) is 2.35. The zero-order chi connectivity index (χ0) is 14.3. The Bertz CT molecular complexity index is 484. The molecule has 0 bridgehead atoms. The van der Waals surface area contributed by atoms with Crippen LogP contribution < -0.4 is 5.32 Å². The SMILES string of the molecule is Cc1cccc(NC(=O)CCOCC(F)F)c1C#N. The van der Waals surface area contributed by atoms with E-state index in [9.17, 15) is 13.6 Å². The molecule has 0 spiro atoms. The summed E-state index contributed by atoms with van der Waals surface area (Å²) in [6, 6.07) is 7.11. The van der Waals surface area contributed by atoms with E-state index in [0.717, 1.165) is 5.56 Å². The second kappa shape index (κ2) is 7.44. The maximum atomic E-state index is 11.8. The second-order valence-electron chi connectivity index (χ2n) is 3.87. The number of halogens is 2. The van der Waals surface area contributed by atoms with Crippen LogP contribution in [-0.4, -0.2) is 25.5 Å². The molecule has 1 amide bonds. The molecule has 4 nitrogen and oxygen atoms in total. The first kappa shape index (κ1) is 15.1. The van der Waals surface area contributed by atoms with Crippen LogP contribution in [0.2, 0.25) is 0 Å². The van der Waals surface area contributed by atoms with Crippen molar-refractivity contribution in [2.75, 3.05) is 18.5 Å². The number of carbonyl (C=O) groups excluding carboxylic acids is 1. The summed E-state index contributed by atoms with van der Waals surface area (Å²) in [7, 11) is 0. The molecule has 0 unspecified atom stereocenters. The number of hydrogen-bond acceptors (Lipinski definition) is 3. The van der Waals surface area contributed by atoms with Crippen LogP contribution in [0.5, 0.6) is 0 Å². The van der Waals surface area contributed by atoms with Crippen molar-refractivity contribution < 1.29 is 18.3 Å². The highest BCUT2D eigenvalue weighted by Crippen LogP contribution is 2.18. The number of alkyl halides is 2. The van der Waals surface area contributed by atoms with Gasteiger partial charge < -0.3 is 10.1 Å². The maximum Gasteiger partial charge on any atom is 0.261 e. The lowest BCUT2D eigenvalue weighted by Crippen LogP contribution is -2.16. The van der Waals surface area contributed by atoms with Crippen molar-refractivity contribution in [2.45, 2.75) is 19.8 Å². The molecule has 0 atom stereocenters. The molecule has 19 heavy (non-hydrogen) atoms. The standard InChI is InChI=1S/C13H14F2N2O2/c1-9-3-2-4-11(10(9)7-16)17-13(18)5-6-19-8-12(14)15/h2-4,12H,5-6,8H2,1H3,(H,17,18). The molecule has 1 aromatic rings. The normalized spacial score (nSPS) is 10.3. The smallest absolute Gasteiger partial charge is 0.261 e. The predicted molar refractivity (Wildman–Crippen MR) is 66.0 cm³/mol. The topological polar surface area (TPSA) is 62.1 Å². The number of benzene rings is 1. The van der Waals surface area contributed by atoms with E-state index in [2.05, 4.69) is 10.1 Å². The predicted octanol–water partition coefficient (Wildman–Crippen LogP) is 2.48. The number of rotatable bonds is 6. The number of anilines is 1. The molecule has 0 saturated carbocycles. The Labute approximate surface area is 110 Å². The summed E-state index contributed by atoms with van der Waals surface area (Å²) in [6.45, 7) is 1.00. The van der Waals surface area contributed by atoms with E-state index in [1.165, 1.54) is 0 Å². The van der Waals surface area contributed by atoms with Gasteiger partial charge in [-0.05, 0) is 18.6 Å². The third-order valence-electron chi connectivity index (χ3n) is 2.38. The van der Waals surface area contributed by atoms with Gasteiger partial charge in [-0.15, -0.1) is 0 Å². The zero-order valence-electron chi connectivity index (χ0n) is 10.5. The van der Waals surface area contributed by atoms with Gasteiger partial charge in [-0.1, -0.05) is 12.1 Å². The molecule has 0 aliphatic heterocycles. The number of nitrogens with one attached hydrogen (secondary N) is 1. The van der Waals surface area contributed by atoms with Gasteiger partial charge in [-0.2, -0.15) is 5.26 Å². The Morgan fingerprint density at radius 1 is 1.53 bits per heavy atom. The highest BCUT2D eigenvalue weighted by Gasteiger charge is 2.09. The largest absolute Gasteiger partial charge is 0.375 e. The molecule has 0 aliphatic rings. The van der Waals surface area contributed by atoms with Crippen LogP contribution in [0.3, 0.4) is 0 Å². The molecule has 1 aromatic carbocycles. The first-order valence-electron chi connectivity index (χ1n) is 5.70. The van der Waals surface area contributed by atoms with Crippen molar-refractivity contribution >= 4 is 11.6 Å². The number of ether oxygens (including phenoxy) is 1. The summed E-state index contributed by atoms with van der Waals surface area (Å²) in [5.41, 5.74) is 1.57. The van der Waals surface area contributed by atoms with Crippen molar-refractivity contribution in [1.82, 2.24) is 0 Å². The molecular formula is C13H14F2N2O2. The summed E-state index contributed by atoms with van der Waals surface area (Å²) in [5.74, 6) is -0.378. The van der Waals surface area contributed by atoms with Crippen molar-refractivity contribution in [1.29, 1.82) is 5.26 Å². The summed E-state index contributed by atoms with van der Waals surface area (Å²) in [6.07, 6.45) is -2.57. The summed E-state index contributed by atoms with van der Waals surface area (Å²) in [4.78, 5) is 11.5. The minimum absolute atomic E-state index is 0.0362. The summed E-state index contributed by atoms with van der Waals surface area (Å²) in [5, 5.41) is 11.5. The van der Waals surface area contributed by atoms with E-state index in [1.54, 1.807) is 25.1 Å². The fourth-order valence-corrected chi connectivity index (χ4v) is 1.47. The van der Waals surface area contributed by atoms with Gasteiger partial charge in [0.05, 0.1) is 24.3 Å². The Morgan fingerprint density at radius 3 is 2.89 bits per heavy atom. The van der Waals surface area contributed by atoms with Crippen LogP contribution in [0.25, 0.3) is 0 Å². The Kier molecular flexibility index (Phi) is 5.90. The Morgan fingerprint density at radius 2 is 2.26 bits per heavy atom. The van der Waals surface area contributed by atoms with Crippen molar-refractivity contribution in [3.63, 3.8) is 0 Å². The molecule has 0 saturated heterocycles. The van der Waals surface area contributed by atoms with E-state index >= 15 is 0 Å². The molecule has 1 rings (SSSR count). The lowest BCUT2D eigenvalue weighted by Gasteiger charge is -2.09. The van der Waals surface area contributed by atoms with Gasteiger partial charge >= 0.3 is 0 Å². The van der Waals surface area contributed by atoms with Crippen LogP contribution in [0.4, 0.5) is 14.5 Å². The van der Waals surface area contributed by atoms with Crippen LogP contribution >= 0.6 is 0 Å². The van der Waals surface area contributed by atoms with E-state index < -0.39 is 13.0 Å². The van der Waals surface area contributed by atoms with E-state index in [1.807, 2.05) is 6.07 Å². The number of amides is 1. The van der Waals surface area contributed by atoms with Crippen LogP contribution in [0, 0.1) is 18.3 Å². The second-order valence-corrected chi connectivity index (χ2v) is 3.87. The summed E-state index contributed by atoms with van der Waals surface area (Å²) >= 11 is 0. The first-order chi connectivity index (χ1) is 9.04. The number of nitrogens with zero attached hydrogens (tertiary/aromatic N) is 1. The Hall–Kier alpha value is -2.00. The third kappa shape index (κ3) is 5.02. The van der Waals surface area contributed by atoms with Crippen LogP contribution in [0.1, 0.15) is 17.5 Å². The van der Waals surface area contributed by atoms with Crippen LogP contribution in [0.15, 0.2) is 18.2 Å². The van der Waals surface area contributed by atoms with Gasteiger partial charge in [0, 0.05) is 0 Å². The minimum atomic E-state index is -2.54. The fraction of sp³-hybridized carbons (Fsp3) is 0.385. The molecule has 0 aliphatic carbocycles. The first-order valence-corrected chi connectivity index (χ1v) is 5.70. The lowest BCUT2D eigenvalue weighted by atomic mass is 10.1. The summed E-state index contributed by atoms with van der Waals surface area (Å²) < 4.78 is 28.2. The van der Waals surface area contributed by atoms with Crippen LogP contribution in [-0.2, 0) is 9.53 Å². The van der Waals surface area contributed by atoms with E-state index in [0.29, 0.717) is 11.3 Å².